The Kier molecular flexibility index (Phi) is 6.67. The van der Waals surface area contributed by atoms with Gasteiger partial charge in [0.1, 0.15) is 5.75 Å². The summed E-state index contributed by atoms with van der Waals surface area (Å²) in [5.41, 5.74) is 5.03. The zero-order valence-corrected chi connectivity index (χ0v) is 16.1. The van der Waals surface area contributed by atoms with Crippen LogP contribution in [-0.2, 0) is 19.4 Å². The Morgan fingerprint density at radius 1 is 1.04 bits per heavy atom. The minimum absolute atomic E-state index is 0.0158. The van der Waals surface area contributed by atoms with Crippen LogP contribution in [0.4, 0.5) is 0 Å². The highest BCUT2D eigenvalue weighted by molar-refractivity contribution is 7.91. The van der Waals surface area contributed by atoms with E-state index in [2.05, 4.69) is 10.9 Å². The summed E-state index contributed by atoms with van der Waals surface area (Å²) in [5.74, 6) is -0.556. The van der Waals surface area contributed by atoms with E-state index in [-0.39, 0.29) is 17.9 Å². The first-order valence-corrected chi connectivity index (χ1v) is 9.90. The van der Waals surface area contributed by atoms with Crippen LogP contribution in [0.3, 0.4) is 0 Å². The quantitative estimate of drug-likeness (QED) is 0.523. The predicted octanol–water partition coefficient (Wildman–Crippen LogP) is 0.308. The Hall–Kier alpha value is -2.75. The third-order valence-corrected chi connectivity index (χ3v) is 5.83. The molecule has 2 rings (SSSR count). The summed E-state index contributed by atoms with van der Waals surface area (Å²) < 4.78 is 38.4. The van der Waals surface area contributed by atoms with Gasteiger partial charge in [-0.15, -0.1) is 0 Å². The summed E-state index contributed by atoms with van der Waals surface area (Å²) in [6, 6.07) is 3.27. The molecule has 1 aliphatic rings. The minimum Gasteiger partial charge on any atom is -0.496 e. The normalized spacial score (nSPS) is 18.1. The maximum atomic E-state index is 11.9. The molecule has 0 saturated carbocycles. The molecule has 0 spiro atoms. The number of sulfone groups is 1. The molecule has 1 heterocycles. The summed E-state index contributed by atoms with van der Waals surface area (Å²) in [5, 5.41) is 0. The lowest BCUT2D eigenvalue weighted by Gasteiger charge is -2.12. The standard InChI is InChI=1S/C17H22N2O7S/c1-24-13-9-15(26-3)14(25-2)8-11(13)4-5-16(20)18-19-17(21)12-6-7-27(22,23)10-12/h4-5,8-9,12H,6-7,10H2,1-3H3,(H,18,20)(H,19,21)/b5-4+/t12-/m0/s1. The van der Waals surface area contributed by atoms with E-state index in [1.54, 1.807) is 12.1 Å². The predicted molar refractivity (Wildman–Crippen MR) is 98.2 cm³/mol. The Morgan fingerprint density at radius 2 is 1.67 bits per heavy atom. The number of carbonyl (C=O) groups excluding carboxylic acids is 2. The summed E-state index contributed by atoms with van der Waals surface area (Å²) in [6.45, 7) is 0. The van der Waals surface area contributed by atoms with Crippen LogP contribution in [0.25, 0.3) is 6.08 Å². The molecule has 2 amide bonds. The van der Waals surface area contributed by atoms with Gasteiger partial charge in [0.2, 0.25) is 5.91 Å². The number of benzene rings is 1. The summed E-state index contributed by atoms with van der Waals surface area (Å²) >= 11 is 0. The van der Waals surface area contributed by atoms with Crippen LogP contribution in [0, 0.1) is 5.92 Å². The largest absolute Gasteiger partial charge is 0.496 e. The molecule has 0 radical (unpaired) electrons. The van der Waals surface area contributed by atoms with E-state index < -0.39 is 27.6 Å². The van der Waals surface area contributed by atoms with Crippen molar-refractivity contribution in [1.82, 2.24) is 10.9 Å². The Balaban J connectivity index is 1.99. The molecule has 0 aliphatic carbocycles. The van der Waals surface area contributed by atoms with E-state index in [4.69, 9.17) is 14.2 Å². The number of methoxy groups -OCH3 is 3. The molecule has 0 unspecified atom stereocenters. The van der Waals surface area contributed by atoms with E-state index in [1.165, 1.54) is 33.5 Å². The van der Waals surface area contributed by atoms with Crippen LogP contribution < -0.4 is 25.1 Å². The summed E-state index contributed by atoms with van der Waals surface area (Å²) in [6.07, 6.45) is 2.94. The molecule has 1 atom stereocenters. The number of carbonyl (C=O) groups is 2. The molecule has 10 heteroatoms. The van der Waals surface area contributed by atoms with Crippen LogP contribution in [0.1, 0.15) is 12.0 Å². The number of hydrogen-bond donors (Lipinski definition) is 2. The fraction of sp³-hybridized carbons (Fsp3) is 0.412. The summed E-state index contributed by atoms with van der Waals surface area (Å²) in [4.78, 5) is 23.8. The van der Waals surface area contributed by atoms with Crippen molar-refractivity contribution in [2.45, 2.75) is 6.42 Å². The van der Waals surface area contributed by atoms with E-state index in [0.717, 1.165) is 0 Å². The zero-order valence-electron chi connectivity index (χ0n) is 15.3. The van der Waals surface area contributed by atoms with Crippen molar-refractivity contribution >= 4 is 27.7 Å². The molecule has 27 heavy (non-hydrogen) atoms. The van der Waals surface area contributed by atoms with Crippen molar-refractivity contribution in [2.75, 3.05) is 32.8 Å². The molecule has 0 bridgehead atoms. The topological polar surface area (TPSA) is 120 Å². The average molecular weight is 398 g/mol. The second-order valence-corrected chi connectivity index (χ2v) is 8.09. The van der Waals surface area contributed by atoms with Gasteiger partial charge in [0, 0.05) is 17.7 Å². The number of nitrogens with one attached hydrogen (secondary N) is 2. The number of amides is 2. The van der Waals surface area contributed by atoms with E-state index in [0.29, 0.717) is 22.8 Å². The van der Waals surface area contributed by atoms with Gasteiger partial charge >= 0.3 is 0 Å². The monoisotopic (exact) mass is 398 g/mol. The lowest BCUT2D eigenvalue weighted by atomic mass is 10.1. The van der Waals surface area contributed by atoms with Crippen LogP contribution in [0.15, 0.2) is 18.2 Å². The molecule has 1 fully saturated rings. The molecule has 0 aromatic heterocycles. The smallest absolute Gasteiger partial charge is 0.262 e. The molecule has 1 aromatic carbocycles. The van der Waals surface area contributed by atoms with Gasteiger partial charge < -0.3 is 14.2 Å². The van der Waals surface area contributed by atoms with Crippen molar-refractivity contribution in [3.63, 3.8) is 0 Å². The van der Waals surface area contributed by atoms with Gasteiger partial charge in [0.25, 0.3) is 5.91 Å². The van der Waals surface area contributed by atoms with Crippen molar-refractivity contribution < 1.29 is 32.2 Å². The lowest BCUT2D eigenvalue weighted by molar-refractivity contribution is -0.129. The fourth-order valence-electron chi connectivity index (χ4n) is 2.62. The van der Waals surface area contributed by atoms with Gasteiger partial charge in [-0.2, -0.15) is 0 Å². The highest BCUT2D eigenvalue weighted by atomic mass is 32.2. The first-order valence-electron chi connectivity index (χ1n) is 8.08. The highest BCUT2D eigenvalue weighted by Gasteiger charge is 2.32. The van der Waals surface area contributed by atoms with Gasteiger partial charge in [-0.1, -0.05) is 0 Å². The average Bonchev–Trinajstić information content (AvgIpc) is 3.03. The second-order valence-electron chi connectivity index (χ2n) is 5.86. The first kappa shape index (κ1) is 20.6. The van der Waals surface area contributed by atoms with E-state index in [1.807, 2.05) is 0 Å². The Labute approximate surface area is 157 Å². The maximum Gasteiger partial charge on any atom is 0.262 e. The molecular formula is C17H22N2O7S. The van der Waals surface area contributed by atoms with Crippen LogP contribution in [0.2, 0.25) is 0 Å². The summed E-state index contributed by atoms with van der Waals surface area (Å²) in [7, 11) is 1.30. The fourth-order valence-corrected chi connectivity index (χ4v) is 4.36. The van der Waals surface area contributed by atoms with Crippen LogP contribution in [-0.4, -0.2) is 53.1 Å². The number of ether oxygens (including phenoxy) is 3. The highest BCUT2D eigenvalue weighted by Crippen LogP contribution is 2.35. The molecule has 1 aromatic rings. The first-order chi connectivity index (χ1) is 12.8. The molecule has 148 valence electrons. The van der Waals surface area contributed by atoms with Crippen LogP contribution in [0.5, 0.6) is 17.2 Å². The maximum absolute atomic E-state index is 11.9. The van der Waals surface area contributed by atoms with Crippen LogP contribution >= 0.6 is 0 Å². The number of hydrogen-bond acceptors (Lipinski definition) is 7. The van der Waals surface area contributed by atoms with Gasteiger partial charge in [-0.3, -0.25) is 20.4 Å². The third kappa shape index (κ3) is 5.36. The van der Waals surface area contributed by atoms with Crippen molar-refractivity contribution in [1.29, 1.82) is 0 Å². The molecule has 1 aliphatic heterocycles. The van der Waals surface area contributed by atoms with E-state index in [9.17, 15) is 18.0 Å². The molecular weight excluding hydrogens is 376 g/mol. The van der Waals surface area contributed by atoms with Crippen molar-refractivity contribution in [3.05, 3.63) is 23.8 Å². The third-order valence-electron chi connectivity index (χ3n) is 4.06. The van der Waals surface area contributed by atoms with E-state index >= 15 is 0 Å². The molecule has 9 nitrogen and oxygen atoms in total. The Morgan fingerprint density at radius 3 is 2.22 bits per heavy atom. The van der Waals surface area contributed by atoms with Crippen molar-refractivity contribution in [2.24, 2.45) is 5.92 Å². The molecule has 1 saturated heterocycles. The minimum atomic E-state index is -3.17. The van der Waals surface area contributed by atoms with Crippen molar-refractivity contribution in [3.8, 4) is 17.2 Å². The second kappa shape index (κ2) is 8.76. The van der Waals surface area contributed by atoms with Gasteiger partial charge in [-0.25, -0.2) is 8.42 Å². The molecule has 2 N–H and O–H groups in total. The van der Waals surface area contributed by atoms with Gasteiger partial charge in [-0.05, 0) is 18.6 Å². The zero-order chi connectivity index (χ0) is 20.0. The van der Waals surface area contributed by atoms with Gasteiger partial charge in [0.05, 0.1) is 38.8 Å². The SMILES string of the molecule is COc1cc(OC)c(OC)cc1/C=C/C(=O)NNC(=O)[C@H]1CCS(=O)(=O)C1. The van der Waals surface area contributed by atoms with Gasteiger partial charge in [0.15, 0.2) is 21.3 Å². The number of hydrazine groups is 1. The number of rotatable bonds is 6. The lowest BCUT2D eigenvalue weighted by Crippen LogP contribution is -2.44. The Bertz CT molecular complexity index is 849.